The van der Waals surface area contributed by atoms with Crippen LogP contribution >= 0.6 is 12.4 Å². The van der Waals surface area contributed by atoms with Crippen LogP contribution in [0.3, 0.4) is 0 Å². The van der Waals surface area contributed by atoms with Crippen molar-refractivity contribution in [3.05, 3.63) is 0 Å². The first-order valence-corrected chi connectivity index (χ1v) is 8.58. The number of likely N-dealkylation sites (N-methyl/N-ethyl adjacent to an activating group) is 1. The van der Waals surface area contributed by atoms with Gasteiger partial charge in [0.05, 0.1) is 12.7 Å². The van der Waals surface area contributed by atoms with Gasteiger partial charge in [-0.3, -0.25) is 0 Å². The van der Waals surface area contributed by atoms with Crippen molar-refractivity contribution in [2.45, 2.75) is 39.2 Å². The van der Waals surface area contributed by atoms with Gasteiger partial charge in [-0.25, -0.2) is 0 Å². The summed E-state index contributed by atoms with van der Waals surface area (Å²) >= 11 is 0. The summed E-state index contributed by atoms with van der Waals surface area (Å²) in [6.45, 7) is 14.7. The molecule has 2 unspecified atom stereocenters. The molecule has 2 aliphatic rings. The average Bonchev–Trinajstić information content (AvgIpc) is 2.92. The maximum absolute atomic E-state index is 6.06. The standard InChI is InChI=1S/C16H33N3O.ClH/c1-3-18(4-2)10-11-20-16-7-9-19(14-16)13-15-6-5-8-17-12-15;/h15-17H,3-14H2,1-2H3;1H. The molecule has 1 N–H and O–H groups in total. The summed E-state index contributed by atoms with van der Waals surface area (Å²) in [5.74, 6) is 0.859. The van der Waals surface area contributed by atoms with E-state index >= 15 is 0 Å². The zero-order valence-corrected chi connectivity index (χ0v) is 14.7. The van der Waals surface area contributed by atoms with Crippen molar-refractivity contribution in [2.24, 2.45) is 5.92 Å². The Bertz CT molecular complexity index is 258. The van der Waals surface area contributed by atoms with Crippen molar-refractivity contribution in [1.82, 2.24) is 15.1 Å². The topological polar surface area (TPSA) is 27.7 Å². The molecule has 126 valence electrons. The second-order valence-electron chi connectivity index (χ2n) is 6.28. The molecular weight excluding hydrogens is 286 g/mol. The van der Waals surface area contributed by atoms with Gasteiger partial charge in [-0.05, 0) is 51.4 Å². The molecule has 4 nitrogen and oxygen atoms in total. The number of hydrogen-bond acceptors (Lipinski definition) is 4. The molecular formula is C16H34ClN3O. The molecule has 0 amide bonds. The Hall–Kier alpha value is 0.130. The molecule has 0 aliphatic carbocycles. The van der Waals surface area contributed by atoms with E-state index in [9.17, 15) is 0 Å². The summed E-state index contributed by atoms with van der Waals surface area (Å²) in [6.07, 6.45) is 4.44. The van der Waals surface area contributed by atoms with Crippen LogP contribution in [0.5, 0.6) is 0 Å². The Kier molecular flexibility index (Phi) is 9.85. The molecule has 2 atom stereocenters. The highest BCUT2D eigenvalue weighted by molar-refractivity contribution is 5.85. The highest BCUT2D eigenvalue weighted by Gasteiger charge is 2.25. The lowest BCUT2D eigenvalue weighted by atomic mass is 9.99. The summed E-state index contributed by atoms with van der Waals surface area (Å²) in [5.41, 5.74) is 0. The van der Waals surface area contributed by atoms with Gasteiger partial charge in [0.25, 0.3) is 0 Å². The van der Waals surface area contributed by atoms with Crippen LogP contribution in [0.15, 0.2) is 0 Å². The Labute approximate surface area is 137 Å². The number of ether oxygens (including phenoxy) is 1. The molecule has 0 aromatic heterocycles. The molecule has 0 bridgehead atoms. The van der Waals surface area contributed by atoms with Crippen molar-refractivity contribution < 1.29 is 4.74 Å². The fourth-order valence-corrected chi connectivity index (χ4v) is 3.43. The number of nitrogens with one attached hydrogen (secondary N) is 1. The van der Waals surface area contributed by atoms with E-state index in [1.54, 1.807) is 0 Å². The number of rotatable bonds is 8. The van der Waals surface area contributed by atoms with Crippen LogP contribution in [0, 0.1) is 5.92 Å². The molecule has 0 aromatic rings. The first kappa shape index (κ1) is 19.2. The maximum atomic E-state index is 6.06. The van der Waals surface area contributed by atoms with Crippen LogP contribution in [0.1, 0.15) is 33.1 Å². The highest BCUT2D eigenvalue weighted by Crippen LogP contribution is 2.17. The summed E-state index contributed by atoms with van der Waals surface area (Å²) < 4.78 is 6.06. The zero-order chi connectivity index (χ0) is 14.2. The largest absolute Gasteiger partial charge is 0.376 e. The van der Waals surface area contributed by atoms with E-state index in [1.807, 2.05) is 0 Å². The summed E-state index contributed by atoms with van der Waals surface area (Å²) in [6, 6.07) is 0. The maximum Gasteiger partial charge on any atom is 0.0714 e. The van der Waals surface area contributed by atoms with Gasteiger partial charge in [0, 0.05) is 26.2 Å². The number of likely N-dealkylation sites (tertiary alicyclic amines) is 1. The van der Waals surface area contributed by atoms with E-state index in [4.69, 9.17) is 4.74 Å². The van der Waals surface area contributed by atoms with Crippen molar-refractivity contribution in [1.29, 1.82) is 0 Å². The van der Waals surface area contributed by atoms with Crippen molar-refractivity contribution in [3.63, 3.8) is 0 Å². The lowest BCUT2D eigenvalue weighted by Crippen LogP contribution is -2.38. The van der Waals surface area contributed by atoms with Gasteiger partial charge in [0.2, 0.25) is 0 Å². The van der Waals surface area contributed by atoms with E-state index in [-0.39, 0.29) is 12.4 Å². The van der Waals surface area contributed by atoms with Crippen LogP contribution < -0.4 is 5.32 Å². The van der Waals surface area contributed by atoms with E-state index in [2.05, 4.69) is 29.0 Å². The van der Waals surface area contributed by atoms with Crippen molar-refractivity contribution in [2.75, 3.05) is 59.0 Å². The number of hydrogen-bond donors (Lipinski definition) is 1. The Morgan fingerprint density at radius 2 is 2.05 bits per heavy atom. The van der Waals surface area contributed by atoms with E-state index < -0.39 is 0 Å². The van der Waals surface area contributed by atoms with E-state index in [0.717, 1.165) is 38.7 Å². The lowest BCUT2D eigenvalue weighted by molar-refractivity contribution is 0.0431. The molecule has 2 fully saturated rings. The summed E-state index contributed by atoms with van der Waals surface area (Å²) in [4.78, 5) is 5.04. The SMILES string of the molecule is CCN(CC)CCOC1CCN(CC2CCCNC2)C1.Cl. The molecule has 2 saturated heterocycles. The normalized spacial score (nSPS) is 27.0. The predicted molar refractivity (Wildman–Crippen MR) is 91.4 cm³/mol. The minimum atomic E-state index is 0. The zero-order valence-electron chi connectivity index (χ0n) is 13.9. The van der Waals surface area contributed by atoms with Crippen LogP contribution in [0.2, 0.25) is 0 Å². The molecule has 2 rings (SSSR count). The highest BCUT2D eigenvalue weighted by atomic mass is 35.5. The van der Waals surface area contributed by atoms with Gasteiger partial charge in [-0.2, -0.15) is 0 Å². The van der Waals surface area contributed by atoms with Crippen LogP contribution in [0.4, 0.5) is 0 Å². The Morgan fingerprint density at radius 1 is 1.24 bits per heavy atom. The number of halogens is 1. The van der Waals surface area contributed by atoms with E-state index in [0.29, 0.717) is 6.10 Å². The van der Waals surface area contributed by atoms with Gasteiger partial charge in [0.15, 0.2) is 0 Å². The molecule has 0 spiro atoms. The average molecular weight is 320 g/mol. The molecule has 21 heavy (non-hydrogen) atoms. The molecule has 0 saturated carbocycles. The van der Waals surface area contributed by atoms with Crippen LogP contribution in [-0.4, -0.2) is 74.9 Å². The molecule has 2 heterocycles. The van der Waals surface area contributed by atoms with E-state index in [1.165, 1.54) is 45.4 Å². The van der Waals surface area contributed by atoms with Crippen molar-refractivity contribution >= 4 is 12.4 Å². The molecule has 0 radical (unpaired) electrons. The Morgan fingerprint density at radius 3 is 2.71 bits per heavy atom. The smallest absolute Gasteiger partial charge is 0.0714 e. The van der Waals surface area contributed by atoms with Gasteiger partial charge >= 0.3 is 0 Å². The fraction of sp³-hybridized carbons (Fsp3) is 1.00. The Balaban J connectivity index is 0.00000220. The van der Waals surface area contributed by atoms with Gasteiger partial charge in [0.1, 0.15) is 0 Å². The third-order valence-electron chi connectivity index (χ3n) is 4.80. The van der Waals surface area contributed by atoms with Gasteiger partial charge in [-0.15, -0.1) is 12.4 Å². The lowest BCUT2D eigenvalue weighted by Gasteiger charge is -2.27. The molecule has 0 aromatic carbocycles. The number of nitrogens with zero attached hydrogens (tertiary/aromatic N) is 2. The minimum Gasteiger partial charge on any atom is -0.376 e. The molecule has 2 aliphatic heterocycles. The minimum absolute atomic E-state index is 0. The quantitative estimate of drug-likeness (QED) is 0.739. The van der Waals surface area contributed by atoms with Crippen molar-refractivity contribution in [3.8, 4) is 0 Å². The number of piperidine rings is 1. The van der Waals surface area contributed by atoms with Gasteiger partial charge < -0.3 is 19.9 Å². The predicted octanol–water partition coefficient (Wildman–Crippen LogP) is 1.84. The monoisotopic (exact) mass is 319 g/mol. The third-order valence-corrected chi connectivity index (χ3v) is 4.80. The summed E-state index contributed by atoms with van der Waals surface area (Å²) in [5, 5.41) is 3.52. The van der Waals surface area contributed by atoms with Crippen LogP contribution in [0.25, 0.3) is 0 Å². The molecule has 5 heteroatoms. The first-order chi connectivity index (χ1) is 9.81. The second-order valence-corrected chi connectivity index (χ2v) is 6.28. The van der Waals surface area contributed by atoms with Gasteiger partial charge in [-0.1, -0.05) is 13.8 Å². The second kappa shape index (κ2) is 10.8. The summed E-state index contributed by atoms with van der Waals surface area (Å²) in [7, 11) is 0. The fourth-order valence-electron chi connectivity index (χ4n) is 3.43. The third kappa shape index (κ3) is 6.83. The van der Waals surface area contributed by atoms with Crippen LogP contribution in [-0.2, 0) is 4.74 Å². The first-order valence-electron chi connectivity index (χ1n) is 8.58.